The topological polar surface area (TPSA) is 23.8 Å². The van der Waals surface area contributed by atoms with Crippen molar-refractivity contribution in [2.24, 2.45) is 0 Å². The second-order valence-electron chi connectivity index (χ2n) is 3.32. The minimum atomic E-state index is -0.378. The summed E-state index contributed by atoms with van der Waals surface area (Å²) < 4.78 is 13.1. The molecule has 0 aliphatic heterocycles. The van der Waals surface area contributed by atoms with Crippen molar-refractivity contribution in [1.29, 1.82) is 0 Å². The number of hydrogen-bond donors (Lipinski definition) is 0. The van der Waals surface area contributed by atoms with E-state index < -0.39 is 0 Å². The molecular formula is C12H7Cl2FNY-. The van der Waals surface area contributed by atoms with Gasteiger partial charge in [-0.15, -0.1) is 5.69 Å². The molecule has 0 saturated heterocycles. The van der Waals surface area contributed by atoms with Gasteiger partial charge in [0.15, 0.2) is 0 Å². The first kappa shape index (κ1) is 14.9. The molecule has 0 amide bonds. The smallest absolute Gasteiger partial charge is 0.123 e. The molecule has 0 spiro atoms. The Balaban J connectivity index is 0.00000144. The molecule has 17 heavy (non-hydrogen) atoms. The predicted octanol–water partition coefficient (Wildman–Crippen LogP) is 5.48. The van der Waals surface area contributed by atoms with Gasteiger partial charge in [-0.05, 0) is 35.4 Å². The molecule has 0 unspecified atom stereocenters. The van der Waals surface area contributed by atoms with Gasteiger partial charge in [0.1, 0.15) is 5.82 Å². The molecule has 0 aliphatic rings. The molecule has 1 nitrogen and oxygen atoms in total. The van der Waals surface area contributed by atoms with Gasteiger partial charge in [0.05, 0.1) is 10.0 Å². The quantitative estimate of drug-likeness (QED) is 0.654. The molecule has 0 aromatic heterocycles. The van der Waals surface area contributed by atoms with Crippen LogP contribution >= 0.6 is 23.2 Å². The fourth-order valence-corrected chi connectivity index (χ4v) is 1.72. The standard InChI is InChI=1S/C12H7Cl2FN.Y/c13-10-3-1-7(5-11(10)14)9-6-8(15)2-4-12(9)16;/h1-6,16H;/q-1;. The zero-order valence-electron chi connectivity index (χ0n) is 8.68. The average Bonchev–Trinajstić information content (AvgIpc) is 2.26. The average molecular weight is 344 g/mol. The number of nitrogens with one attached hydrogen (secondary N) is 1. The molecule has 1 radical (unpaired) electrons. The van der Waals surface area contributed by atoms with Gasteiger partial charge in [-0.2, -0.15) is 0 Å². The van der Waals surface area contributed by atoms with Crippen LogP contribution in [0.3, 0.4) is 0 Å². The van der Waals surface area contributed by atoms with E-state index in [0.717, 1.165) is 0 Å². The molecule has 0 bridgehead atoms. The Morgan fingerprint density at radius 1 is 0.941 bits per heavy atom. The van der Waals surface area contributed by atoms with Gasteiger partial charge in [0.25, 0.3) is 0 Å². The maximum Gasteiger partial charge on any atom is 0.123 e. The summed E-state index contributed by atoms with van der Waals surface area (Å²) >= 11 is 11.7. The Morgan fingerprint density at radius 3 is 2.29 bits per heavy atom. The Morgan fingerprint density at radius 2 is 1.65 bits per heavy atom. The first-order valence-corrected chi connectivity index (χ1v) is 5.30. The van der Waals surface area contributed by atoms with Crippen molar-refractivity contribution >= 4 is 28.9 Å². The number of halogens is 3. The van der Waals surface area contributed by atoms with Crippen molar-refractivity contribution in [3.05, 3.63) is 58.0 Å². The largest absolute Gasteiger partial charge is 0.698 e. The van der Waals surface area contributed by atoms with Crippen molar-refractivity contribution in [3.63, 3.8) is 0 Å². The van der Waals surface area contributed by atoms with Gasteiger partial charge in [-0.25, -0.2) is 4.39 Å². The van der Waals surface area contributed by atoms with Crippen LogP contribution < -0.4 is 0 Å². The Bertz CT molecular complexity index is 546. The molecule has 2 rings (SSSR count). The first-order chi connectivity index (χ1) is 7.58. The van der Waals surface area contributed by atoms with Crippen molar-refractivity contribution in [1.82, 2.24) is 0 Å². The fraction of sp³-hybridized carbons (Fsp3) is 0. The molecule has 2 aromatic rings. The van der Waals surface area contributed by atoms with Gasteiger partial charge in [-0.3, -0.25) is 0 Å². The van der Waals surface area contributed by atoms with Crippen LogP contribution in [0.25, 0.3) is 16.9 Å². The summed E-state index contributed by atoms with van der Waals surface area (Å²) in [6.07, 6.45) is 0. The summed E-state index contributed by atoms with van der Waals surface area (Å²) in [7, 11) is 0. The minimum absolute atomic E-state index is 0. The number of rotatable bonds is 1. The molecule has 0 heterocycles. The van der Waals surface area contributed by atoms with Crippen LogP contribution in [0.5, 0.6) is 0 Å². The molecule has 0 aliphatic carbocycles. The van der Waals surface area contributed by atoms with Crippen LogP contribution in [0.1, 0.15) is 0 Å². The van der Waals surface area contributed by atoms with E-state index in [0.29, 0.717) is 21.2 Å². The molecule has 0 atom stereocenters. The third kappa shape index (κ3) is 3.41. The summed E-state index contributed by atoms with van der Waals surface area (Å²) in [5, 5.41) is 0.830. The second kappa shape index (κ2) is 6.15. The maximum absolute atomic E-state index is 13.1. The van der Waals surface area contributed by atoms with Gasteiger partial charge < -0.3 is 5.73 Å². The summed E-state index contributed by atoms with van der Waals surface area (Å²) in [5.74, 6) is -0.378. The van der Waals surface area contributed by atoms with E-state index in [1.807, 2.05) is 0 Å². The zero-order chi connectivity index (χ0) is 11.7. The zero-order valence-corrected chi connectivity index (χ0v) is 13.0. The molecule has 2 aromatic carbocycles. The van der Waals surface area contributed by atoms with Crippen LogP contribution in [0.2, 0.25) is 10.0 Å². The molecule has 5 heteroatoms. The third-order valence-corrected chi connectivity index (χ3v) is 2.95. The van der Waals surface area contributed by atoms with E-state index in [4.69, 9.17) is 28.9 Å². The van der Waals surface area contributed by atoms with E-state index in [1.165, 1.54) is 18.2 Å². The summed E-state index contributed by atoms with van der Waals surface area (Å²) in [5.41, 5.74) is 9.11. The van der Waals surface area contributed by atoms with Gasteiger partial charge in [0, 0.05) is 32.7 Å². The predicted molar refractivity (Wildman–Crippen MR) is 65.8 cm³/mol. The molecule has 0 fully saturated rings. The van der Waals surface area contributed by atoms with Crippen LogP contribution in [-0.4, -0.2) is 0 Å². The van der Waals surface area contributed by atoms with Gasteiger partial charge in [0.2, 0.25) is 0 Å². The van der Waals surface area contributed by atoms with Gasteiger partial charge >= 0.3 is 0 Å². The van der Waals surface area contributed by atoms with Crippen LogP contribution in [0.4, 0.5) is 10.1 Å². The van der Waals surface area contributed by atoms with E-state index in [2.05, 4.69) is 0 Å². The number of hydrogen-bond acceptors (Lipinski definition) is 0. The minimum Gasteiger partial charge on any atom is -0.698 e. The summed E-state index contributed by atoms with van der Waals surface area (Å²) in [6.45, 7) is 0. The fourth-order valence-electron chi connectivity index (χ4n) is 1.42. The summed E-state index contributed by atoms with van der Waals surface area (Å²) in [4.78, 5) is 0. The van der Waals surface area contributed by atoms with Gasteiger partial charge in [-0.1, -0.05) is 35.3 Å². The molecular weight excluding hydrogens is 337 g/mol. The van der Waals surface area contributed by atoms with E-state index >= 15 is 0 Å². The maximum atomic E-state index is 13.1. The molecule has 85 valence electrons. The second-order valence-corrected chi connectivity index (χ2v) is 4.13. The monoisotopic (exact) mass is 343 g/mol. The van der Waals surface area contributed by atoms with Crippen molar-refractivity contribution in [3.8, 4) is 11.1 Å². The first-order valence-electron chi connectivity index (χ1n) is 4.54. The summed E-state index contributed by atoms with van der Waals surface area (Å²) in [6, 6.07) is 8.93. The van der Waals surface area contributed by atoms with E-state index in [1.54, 1.807) is 18.2 Å². The van der Waals surface area contributed by atoms with E-state index in [-0.39, 0.29) is 44.2 Å². The molecule has 0 saturated carbocycles. The van der Waals surface area contributed by atoms with Crippen LogP contribution in [0, 0.1) is 5.82 Å². The SMILES string of the molecule is [NH-]c1ccc(F)cc1-c1ccc(Cl)c(Cl)c1.[Y]. The van der Waals surface area contributed by atoms with Crippen molar-refractivity contribution in [2.75, 3.05) is 0 Å². The third-order valence-electron chi connectivity index (χ3n) is 2.21. The normalized spacial score (nSPS) is 9.82. The Kier molecular flexibility index (Phi) is 5.39. The van der Waals surface area contributed by atoms with E-state index in [9.17, 15) is 4.39 Å². The van der Waals surface area contributed by atoms with Crippen LogP contribution in [0.15, 0.2) is 36.4 Å². The van der Waals surface area contributed by atoms with Crippen molar-refractivity contribution in [2.45, 2.75) is 0 Å². The van der Waals surface area contributed by atoms with Crippen molar-refractivity contribution < 1.29 is 37.1 Å². The molecule has 1 N–H and O–H groups in total. The number of benzene rings is 2. The Hall–Kier alpha value is -0.146. The van der Waals surface area contributed by atoms with Crippen LogP contribution in [-0.2, 0) is 32.7 Å². The Labute approximate surface area is 134 Å².